The summed E-state index contributed by atoms with van der Waals surface area (Å²) >= 11 is 1.73. The molecular formula is C13H14S. The molecule has 1 aromatic heterocycles. The minimum atomic E-state index is 1.12. The maximum Gasteiger partial charge on any atom is 0.0345 e. The Morgan fingerprint density at radius 1 is 1.43 bits per heavy atom. The number of hydrogen-bond acceptors (Lipinski definition) is 1. The topological polar surface area (TPSA) is 0 Å². The SMILES string of the molecule is C=C/C=C(C=C)\C(=C/C)c1cccs1. The van der Waals surface area contributed by atoms with Gasteiger partial charge in [-0.3, -0.25) is 0 Å². The molecule has 0 bridgehead atoms. The monoisotopic (exact) mass is 202 g/mol. The van der Waals surface area contributed by atoms with Crippen molar-refractivity contribution in [2.75, 3.05) is 0 Å². The van der Waals surface area contributed by atoms with Gasteiger partial charge in [-0.25, -0.2) is 0 Å². The van der Waals surface area contributed by atoms with Gasteiger partial charge in [0.05, 0.1) is 0 Å². The lowest BCUT2D eigenvalue weighted by atomic mass is 10.0. The molecule has 0 fully saturated rings. The minimum absolute atomic E-state index is 1.12. The van der Waals surface area contributed by atoms with Crippen molar-refractivity contribution in [1.82, 2.24) is 0 Å². The molecule has 1 aromatic rings. The molecular weight excluding hydrogens is 188 g/mol. The van der Waals surface area contributed by atoms with Gasteiger partial charge < -0.3 is 0 Å². The average Bonchev–Trinajstić information content (AvgIpc) is 2.71. The molecule has 0 aliphatic carbocycles. The van der Waals surface area contributed by atoms with E-state index in [2.05, 4.69) is 36.7 Å². The summed E-state index contributed by atoms with van der Waals surface area (Å²) in [6.45, 7) is 9.54. The molecule has 0 amide bonds. The van der Waals surface area contributed by atoms with E-state index in [1.165, 1.54) is 10.5 Å². The van der Waals surface area contributed by atoms with Gasteiger partial charge in [0.15, 0.2) is 0 Å². The molecule has 0 aromatic carbocycles. The highest BCUT2D eigenvalue weighted by atomic mass is 32.1. The Balaban J connectivity index is 3.10. The lowest BCUT2D eigenvalue weighted by molar-refractivity contribution is 1.64. The summed E-state index contributed by atoms with van der Waals surface area (Å²) < 4.78 is 0. The zero-order valence-electron chi connectivity index (χ0n) is 8.36. The van der Waals surface area contributed by atoms with Crippen molar-refractivity contribution in [1.29, 1.82) is 0 Å². The Morgan fingerprint density at radius 2 is 2.21 bits per heavy atom. The molecule has 0 N–H and O–H groups in total. The van der Waals surface area contributed by atoms with Crippen LogP contribution in [-0.2, 0) is 0 Å². The summed E-state index contributed by atoms with van der Waals surface area (Å²) in [5.41, 5.74) is 2.33. The highest BCUT2D eigenvalue weighted by Gasteiger charge is 2.03. The lowest BCUT2D eigenvalue weighted by Gasteiger charge is -2.04. The predicted molar refractivity (Wildman–Crippen MR) is 66.4 cm³/mol. The first-order valence-corrected chi connectivity index (χ1v) is 5.37. The van der Waals surface area contributed by atoms with Gasteiger partial charge in [0.25, 0.3) is 0 Å². The van der Waals surface area contributed by atoms with Crippen LogP contribution in [0.1, 0.15) is 11.8 Å². The summed E-state index contributed by atoms with van der Waals surface area (Å²) in [5, 5.41) is 2.08. The summed E-state index contributed by atoms with van der Waals surface area (Å²) in [5.74, 6) is 0. The molecule has 0 saturated carbocycles. The van der Waals surface area contributed by atoms with Crippen LogP contribution in [0.15, 0.2) is 60.5 Å². The maximum absolute atomic E-state index is 3.81. The zero-order chi connectivity index (χ0) is 10.4. The summed E-state index contributed by atoms with van der Waals surface area (Å²) in [6, 6.07) is 4.17. The average molecular weight is 202 g/mol. The van der Waals surface area contributed by atoms with Crippen molar-refractivity contribution in [3.63, 3.8) is 0 Å². The Bertz CT molecular complexity index is 364. The fraction of sp³-hybridized carbons (Fsp3) is 0.0769. The molecule has 1 rings (SSSR count). The van der Waals surface area contributed by atoms with E-state index in [1.54, 1.807) is 17.4 Å². The van der Waals surface area contributed by atoms with Gasteiger partial charge in [-0.2, -0.15) is 0 Å². The third-order valence-corrected chi connectivity index (χ3v) is 2.81. The summed E-state index contributed by atoms with van der Waals surface area (Å²) in [6.07, 6.45) is 7.72. The molecule has 0 unspecified atom stereocenters. The van der Waals surface area contributed by atoms with Crippen LogP contribution in [-0.4, -0.2) is 0 Å². The van der Waals surface area contributed by atoms with Gasteiger partial charge >= 0.3 is 0 Å². The zero-order valence-corrected chi connectivity index (χ0v) is 9.18. The molecule has 0 saturated heterocycles. The second kappa shape index (κ2) is 5.40. The fourth-order valence-electron chi connectivity index (χ4n) is 1.28. The van der Waals surface area contributed by atoms with Crippen molar-refractivity contribution in [3.8, 4) is 0 Å². The minimum Gasteiger partial charge on any atom is -0.144 e. The number of rotatable bonds is 4. The number of allylic oxidation sites excluding steroid dienone is 6. The first-order chi connectivity index (χ1) is 6.83. The van der Waals surface area contributed by atoms with Crippen LogP contribution in [0.25, 0.3) is 5.57 Å². The number of thiophene rings is 1. The van der Waals surface area contributed by atoms with Crippen LogP contribution in [0.5, 0.6) is 0 Å². The quantitative estimate of drug-likeness (QED) is 0.633. The lowest BCUT2D eigenvalue weighted by Crippen LogP contribution is -1.82. The molecule has 0 radical (unpaired) electrons. The van der Waals surface area contributed by atoms with Crippen molar-refractivity contribution in [3.05, 3.63) is 65.4 Å². The predicted octanol–water partition coefficient (Wildman–Crippen LogP) is 4.45. The van der Waals surface area contributed by atoms with Crippen molar-refractivity contribution < 1.29 is 0 Å². The van der Waals surface area contributed by atoms with E-state index in [0.29, 0.717) is 0 Å². The molecule has 1 heteroatoms. The van der Waals surface area contributed by atoms with Crippen LogP contribution < -0.4 is 0 Å². The van der Waals surface area contributed by atoms with Crippen molar-refractivity contribution in [2.24, 2.45) is 0 Å². The van der Waals surface area contributed by atoms with Crippen LogP contribution in [0.2, 0.25) is 0 Å². The van der Waals surface area contributed by atoms with Crippen molar-refractivity contribution in [2.45, 2.75) is 6.92 Å². The Hall–Kier alpha value is -1.34. The van der Waals surface area contributed by atoms with Gasteiger partial charge in [0.1, 0.15) is 0 Å². The van der Waals surface area contributed by atoms with E-state index in [-0.39, 0.29) is 0 Å². The fourth-order valence-corrected chi connectivity index (χ4v) is 2.10. The largest absolute Gasteiger partial charge is 0.144 e. The van der Waals surface area contributed by atoms with Crippen molar-refractivity contribution >= 4 is 16.9 Å². The standard InChI is InChI=1S/C13H14S/c1-4-8-11(5-2)12(6-3)13-9-7-10-14-13/h4-10H,1-2H2,3H3/b11-8-,12-6+. The van der Waals surface area contributed by atoms with Gasteiger partial charge in [0.2, 0.25) is 0 Å². The summed E-state index contributed by atoms with van der Waals surface area (Å²) in [4.78, 5) is 1.26. The van der Waals surface area contributed by atoms with Crippen LogP contribution in [0, 0.1) is 0 Å². The van der Waals surface area contributed by atoms with E-state index in [4.69, 9.17) is 0 Å². The molecule has 0 aliphatic rings. The van der Waals surface area contributed by atoms with E-state index in [9.17, 15) is 0 Å². The first-order valence-electron chi connectivity index (χ1n) is 4.49. The molecule has 1 heterocycles. The van der Waals surface area contributed by atoms with Crippen LogP contribution >= 0.6 is 11.3 Å². The van der Waals surface area contributed by atoms with E-state index < -0.39 is 0 Å². The molecule has 0 nitrogen and oxygen atoms in total. The highest BCUT2D eigenvalue weighted by Crippen LogP contribution is 2.27. The van der Waals surface area contributed by atoms with Gasteiger partial charge in [0, 0.05) is 4.88 Å². The first kappa shape index (κ1) is 10.7. The Morgan fingerprint density at radius 3 is 2.64 bits per heavy atom. The second-order valence-corrected chi connectivity index (χ2v) is 3.69. The van der Waals surface area contributed by atoms with Gasteiger partial charge in [-0.1, -0.05) is 43.5 Å². The molecule has 72 valence electrons. The van der Waals surface area contributed by atoms with Crippen LogP contribution in [0.4, 0.5) is 0 Å². The smallest absolute Gasteiger partial charge is 0.0345 e. The van der Waals surface area contributed by atoms with Gasteiger partial charge in [-0.15, -0.1) is 11.3 Å². The summed E-state index contributed by atoms with van der Waals surface area (Å²) in [7, 11) is 0. The third kappa shape index (κ3) is 2.33. The highest BCUT2D eigenvalue weighted by molar-refractivity contribution is 7.11. The van der Waals surface area contributed by atoms with E-state index in [0.717, 1.165) is 5.57 Å². The molecule has 14 heavy (non-hydrogen) atoms. The van der Waals surface area contributed by atoms with Crippen LogP contribution in [0.3, 0.4) is 0 Å². The molecule has 0 aliphatic heterocycles. The van der Waals surface area contributed by atoms with Gasteiger partial charge in [-0.05, 0) is 29.5 Å². The molecule has 0 atom stereocenters. The Kier molecular flexibility index (Phi) is 4.14. The Labute approximate surface area is 89.6 Å². The molecule has 0 spiro atoms. The van der Waals surface area contributed by atoms with E-state index >= 15 is 0 Å². The second-order valence-electron chi connectivity index (χ2n) is 2.74. The maximum atomic E-state index is 3.81. The number of hydrogen-bond donors (Lipinski definition) is 0. The normalized spacial score (nSPS) is 12.6. The third-order valence-electron chi connectivity index (χ3n) is 1.90. The van der Waals surface area contributed by atoms with E-state index in [1.807, 2.05) is 19.1 Å².